The van der Waals surface area contributed by atoms with Crippen molar-refractivity contribution in [3.63, 3.8) is 0 Å². The average molecular weight is 910 g/mol. The highest BCUT2D eigenvalue weighted by molar-refractivity contribution is 6.13. The monoisotopic (exact) mass is 909 g/mol. The van der Waals surface area contributed by atoms with Gasteiger partial charge in [0.1, 0.15) is 36.0 Å². The van der Waals surface area contributed by atoms with E-state index in [2.05, 4.69) is 36.6 Å². The van der Waals surface area contributed by atoms with E-state index in [1.54, 1.807) is 59.9 Å². The minimum absolute atomic E-state index is 0.0518. The number of Topliss-reactive ketones (excluding diaryl/α,β-unsaturated/α-hetero) is 1. The number of carboxylic acids is 1. The molecule has 0 aliphatic carbocycles. The fraction of sp³-hybridized carbons (Fsp3) is 0.388. The highest BCUT2D eigenvalue weighted by Crippen LogP contribution is 2.40. The summed E-state index contributed by atoms with van der Waals surface area (Å²) in [6.45, 7) is 14.2. The number of fused-ring (bicyclic) bond motifs is 1. The van der Waals surface area contributed by atoms with Crippen LogP contribution in [0.4, 0.5) is 17.5 Å². The van der Waals surface area contributed by atoms with Gasteiger partial charge in [-0.3, -0.25) is 14.4 Å². The van der Waals surface area contributed by atoms with Gasteiger partial charge in [-0.05, 0) is 75.4 Å². The molecule has 2 aliphatic heterocycles. The number of piperazine rings is 1. The number of anilines is 3. The Morgan fingerprint density at radius 1 is 1.00 bits per heavy atom. The van der Waals surface area contributed by atoms with Crippen LogP contribution in [0.1, 0.15) is 86.4 Å². The van der Waals surface area contributed by atoms with Crippen LogP contribution in [0.25, 0.3) is 11.3 Å². The quantitative estimate of drug-likeness (QED) is 0.0889. The summed E-state index contributed by atoms with van der Waals surface area (Å²) in [7, 11) is 0. The number of pyridine rings is 3. The van der Waals surface area contributed by atoms with Crippen LogP contribution < -0.4 is 25.2 Å². The fourth-order valence-corrected chi connectivity index (χ4v) is 7.90. The molecule has 4 aromatic heterocycles. The van der Waals surface area contributed by atoms with Crippen LogP contribution in [0, 0.1) is 16.7 Å². The number of nitrogens with one attached hydrogen (secondary N) is 2. The van der Waals surface area contributed by atoms with Crippen LogP contribution >= 0.6 is 0 Å². The maximum atomic E-state index is 13.4. The summed E-state index contributed by atoms with van der Waals surface area (Å²) in [4.78, 5) is 79.5. The van der Waals surface area contributed by atoms with Crippen molar-refractivity contribution in [2.24, 2.45) is 5.41 Å². The number of nitriles is 1. The molecule has 0 radical (unpaired) electrons. The predicted molar refractivity (Wildman–Crippen MR) is 250 cm³/mol. The molecular weight excluding hydrogens is 855 g/mol. The summed E-state index contributed by atoms with van der Waals surface area (Å²) in [5.41, 5.74) is 2.85. The van der Waals surface area contributed by atoms with E-state index in [-0.39, 0.29) is 47.8 Å². The van der Waals surface area contributed by atoms with Crippen molar-refractivity contribution in [1.29, 1.82) is 5.26 Å². The minimum atomic E-state index is -1.08. The van der Waals surface area contributed by atoms with Crippen molar-refractivity contribution in [3.8, 4) is 29.0 Å². The Morgan fingerprint density at radius 3 is 2.49 bits per heavy atom. The minimum Gasteiger partial charge on any atom is -0.480 e. The first-order valence-corrected chi connectivity index (χ1v) is 22.1. The summed E-state index contributed by atoms with van der Waals surface area (Å²) < 4.78 is 11.7. The Balaban J connectivity index is 0.848. The number of aliphatic carboxylic acids is 1. The Hall–Kier alpha value is -7.52. The predicted octanol–water partition coefficient (Wildman–Crippen LogP) is 6.15. The normalized spacial score (nSPS) is 15.9. The van der Waals surface area contributed by atoms with E-state index in [0.29, 0.717) is 91.2 Å². The van der Waals surface area contributed by atoms with Crippen LogP contribution in [-0.4, -0.2) is 116 Å². The summed E-state index contributed by atoms with van der Waals surface area (Å²) in [6, 6.07) is 18.5. The van der Waals surface area contributed by atoms with E-state index in [0.717, 1.165) is 5.69 Å². The molecule has 2 atom stereocenters. The Bertz CT molecular complexity index is 2650. The number of benzene rings is 1. The zero-order chi connectivity index (χ0) is 47.9. The molecule has 7 rings (SSSR count). The van der Waals surface area contributed by atoms with Crippen molar-refractivity contribution in [2.45, 2.75) is 78.6 Å². The van der Waals surface area contributed by atoms with Gasteiger partial charge in [0.2, 0.25) is 17.7 Å². The average Bonchev–Trinajstić information content (AvgIpc) is 3.49. The van der Waals surface area contributed by atoms with Crippen LogP contribution in [0.5, 0.6) is 11.6 Å². The number of carboxylic acid groups (broad SMARTS) is 1. The molecule has 2 aliphatic rings. The number of ether oxygens (including phenoxy) is 2. The highest BCUT2D eigenvalue weighted by Gasteiger charge is 2.45. The lowest BCUT2D eigenvalue weighted by Gasteiger charge is -2.39. The van der Waals surface area contributed by atoms with E-state index >= 15 is 0 Å². The lowest BCUT2D eigenvalue weighted by molar-refractivity contribution is -0.140. The second-order valence-electron chi connectivity index (χ2n) is 18.3. The molecule has 348 valence electrons. The van der Waals surface area contributed by atoms with E-state index in [9.17, 15) is 29.5 Å². The number of hydrogen-bond donors (Lipinski definition) is 3. The largest absolute Gasteiger partial charge is 0.480 e. The number of nitrogens with zero attached hydrogens (tertiary/aromatic N) is 9. The van der Waals surface area contributed by atoms with Gasteiger partial charge >= 0.3 is 5.97 Å². The Morgan fingerprint density at radius 2 is 1.79 bits per heavy atom. The zero-order valence-electron chi connectivity index (χ0n) is 38.5. The molecule has 0 unspecified atom stereocenters. The van der Waals surface area contributed by atoms with Crippen LogP contribution in [-0.2, 0) is 20.9 Å². The molecule has 6 heterocycles. The maximum Gasteiger partial charge on any atom is 0.326 e. The van der Waals surface area contributed by atoms with Gasteiger partial charge in [0.05, 0.1) is 29.0 Å². The molecule has 3 N–H and O–H groups in total. The van der Waals surface area contributed by atoms with Crippen LogP contribution in [0.15, 0.2) is 85.5 Å². The molecule has 5 aromatic rings. The first-order valence-electron chi connectivity index (χ1n) is 22.1. The summed E-state index contributed by atoms with van der Waals surface area (Å²) in [5.74, 6) is 0.0611. The van der Waals surface area contributed by atoms with Crippen molar-refractivity contribution in [2.75, 3.05) is 54.5 Å². The second-order valence-corrected chi connectivity index (χ2v) is 18.3. The van der Waals surface area contributed by atoms with Crippen LogP contribution in [0.2, 0.25) is 0 Å². The molecule has 18 nitrogen and oxygen atoms in total. The fourth-order valence-electron chi connectivity index (χ4n) is 7.90. The third-order valence-corrected chi connectivity index (χ3v) is 11.7. The van der Waals surface area contributed by atoms with Gasteiger partial charge in [0.25, 0.3) is 5.91 Å². The van der Waals surface area contributed by atoms with Crippen molar-refractivity contribution in [1.82, 2.24) is 35.1 Å². The molecule has 0 spiro atoms. The van der Waals surface area contributed by atoms with E-state index in [1.807, 2.05) is 69.5 Å². The first-order chi connectivity index (χ1) is 32.0. The third kappa shape index (κ3) is 11.5. The molecule has 0 bridgehead atoms. The number of carbonyl (C=O) groups is 4. The molecule has 2 amide bonds. The van der Waals surface area contributed by atoms with Crippen molar-refractivity contribution < 1.29 is 33.8 Å². The Labute approximate surface area is 389 Å². The number of rotatable bonds is 17. The zero-order valence-corrected chi connectivity index (χ0v) is 38.5. The first kappa shape index (κ1) is 47.4. The van der Waals surface area contributed by atoms with E-state index in [1.165, 1.54) is 12.3 Å². The van der Waals surface area contributed by atoms with Gasteiger partial charge in [-0.15, -0.1) is 0 Å². The third-order valence-electron chi connectivity index (χ3n) is 11.7. The van der Waals surface area contributed by atoms with Crippen molar-refractivity contribution in [3.05, 3.63) is 108 Å². The lowest BCUT2D eigenvalue weighted by atomic mass is 9.88. The lowest BCUT2D eigenvalue weighted by Crippen LogP contribution is -2.55. The molecular formula is C49H55N11O7. The SMILES string of the molecule is C[C@@H]1CN(c2ncc(-c3ccc4c(n3)N(Cc3cccnc3C#N)C(C)(C)C4=O)cn2)CCN1C(=O)COCCNc1cccc(Oc2ccc(C(=O)N[C@@H](CCC(C)(C)C)C(=O)O)cn2)c1. The summed E-state index contributed by atoms with van der Waals surface area (Å²) in [6.07, 6.45) is 7.28. The van der Waals surface area contributed by atoms with E-state index < -0.39 is 23.5 Å². The van der Waals surface area contributed by atoms with Crippen molar-refractivity contribution >= 4 is 41.0 Å². The number of carbonyl (C=O) groups excluding carboxylic acids is 3. The van der Waals surface area contributed by atoms with Gasteiger partial charge in [0, 0.05) is 92.5 Å². The van der Waals surface area contributed by atoms with Crippen LogP contribution in [0.3, 0.4) is 0 Å². The van der Waals surface area contributed by atoms with Gasteiger partial charge in [-0.25, -0.2) is 29.7 Å². The number of hydrogen-bond acceptors (Lipinski definition) is 15. The Kier molecular flexibility index (Phi) is 14.4. The molecule has 0 saturated carbocycles. The van der Waals surface area contributed by atoms with Gasteiger partial charge in [0.15, 0.2) is 5.78 Å². The number of aromatic nitrogens is 5. The highest BCUT2D eigenvalue weighted by atomic mass is 16.5. The second kappa shape index (κ2) is 20.3. The molecule has 67 heavy (non-hydrogen) atoms. The standard InChI is InChI=1S/C49H55N11O7/c1-31-28-58(47-54-26-34(27-55-47)38-14-13-37-43(62)49(5,6)60(44(37)56-38)29-33-9-8-18-52-40(33)24-50)20-21-59(31)42(61)30-66-22-19-51-35-10-7-11-36(23-35)67-41-15-12-32(25-53-41)45(63)57-39(46(64)65)16-17-48(2,3)4/h7-15,18,23,25-27,31,39,51H,16-17,19-22,28-30H2,1-6H3,(H,57,63)(H,64,65)/t31-,39+/m1/s1. The topological polar surface area (TPSA) is 229 Å². The summed E-state index contributed by atoms with van der Waals surface area (Å²) >= 11 is 0. The maximum absolute atomic E-state index is 13.4. The van der Waals surface area contributed by atoms with E-state index in [4.69, 9.17) is 14.5 Å². The molecule has 18 heteroatoms. The smallest absolute Gasteiger partial charge is 0.326 e. The van der Waals surface area contributed by atoms with Gasteiger partial charge in [-0.2, -0.15) is 5.26 Å². The van der Waals surface area contributed by atoms with Gasteiger partial charge in [-0.1, -0.05) is 32.9 Å². The van der Waals surface area contributed by atoms with Gasteiger partial charge < -0.3 is 39.9 Å². The number of ketones is 1. The molecule has 1 aromatic carbocycles. The molecule has 1 saturated heterocycles. The molecule has 1 fully saturated rings. The number of amides is 2. The summed E-state index contributed by atoms with van der Waals surface area (Å²) in [5, 5.41) is 25.1.